The number of halogens is 1. The smallest absolute Gasteiger partial charge is 0.146 e. The van der Waals surface area contributed by atoms with Gasteiger partial charge in [-0.25, -0.2) is 4.39 Å². The van der Waals surface area contributed by atoms with E-state index in [1.807, 2.05) is 18.2 Å². The number of aliphatic hydroxyl groups excluding tert-OH is 1. The third-order valence-corrected chi connectivity index (χ3v) is 5.55. The summed E-state index contributed by atoms with van der Waals surface area (Å²) in [4.78, 5) is 4.29. The Morgan fingerprint density at radius 3 is 2.59 bits per heavy atom. The fourth-order valence-electron chi connectivity index (χ4n) is 4.06. The molecule has 1 aliphatic heterocycles. The predicted octanol–water partition coefficient (Wildman–Crippen LogP) is 2.88. The molecule has 0 unspecified atom stereocenters. The van der Waals surface area contributed by atoms with Crippen molar-refractivity contribution in [2.24, 2.45) is 0 Å². The van der Waals surface area contributed by atoms with E-state index in [9.17, 15) is 9.50 Å². The Labute approximate surface area is 160 Å². The molecule has 5 heteroatoms. The average Bonchev–Trinajstić information content (AvgIpc) is 3.15. The molecule has 2 aromatic rings. The van der Waals surface area contributed by atoms with E-state index in [2.05, 4.69) is 21.9 Å². The van der Waals surface area contributed by atoms with Gasteiger partial charge < -0.3 is 14.7 Å². The highest BCUT2D eigenvalue weighted by atomic mass is 19.1. The normalized spacial score (nSPS) is 18.4. The van der Waals surface area contributed by atoms with Crippen molar-refractivity contribution in [3.8, 4) is 5.75 Å². The number of aliphatic hydroxyl groups is 1. The topological polar surface area (TPSA) is 35.9 Å². The Hall–Kier alpha value is -2.11. The molecule has 27 heavy (non-hydrogen) atoms. The zero-order valence-electron chi connectivity index (χ0n) is 15.6. The summed E-state index contributed by atoms with van der Waals surface area (Å²) in [6.07, 6.45) is 2.98. The van der Waals surface area contributed by atoms with Gasteiger partial charge in [0, 0.05) is 32.7 Å². The van der Waals surface area contributed by atoms with E-state index in [0.29, 0.717) is 18.8 Å². The summed E-state index contributed by atoms with van der Waals surface area (Å²) >= 11 is 0. The Kier molecular flexibility index (Phi) is 5.60. The number of benzene rings is 2. The van der Waals surface area contributed by atoms with Crippen molar-refractivity contribution in [1.82, 2.24) is 4.90 Å². The van der Waals surface area contributed by atoms with Crippen LogP contribution < -0.4 is 9.64 Å². The largest absolute Gasteiger partial charge is 0.491 e. The highest BCUT2D eigenvalue weighted by Gasteiger charge is 2.21. The first-order valence-corrected chi connectivity index (χ1v) is 9.83. The van der Waals surface area contributed by atoms with E-state index < -0.39 is 6.10 Å². The van der Waals surface area contributed by atoms with Gasteiger partial charge in [-0.2, -0.15) is 0 Å². The van der Waals surface area contributed by atoms with Crippen molar-refractivity contribution in [2.45, 2.75) is 25.4 Å². The van der Waals surface area contributed by atoms with Gasteiger partial charge in [-0.3, -0.25) is 4.90 Å². The second-order valence-corrected chi connectivity index (χ2v) is 7.49. The van der Waals surface area contributed by atoms with Gasteiger partial charge in [0.1, 0.15) is 24.3 Å². The lowest BCUT2D eigenvalue weighted by atomic mass is 10.1. The van der Waals surface area contributed by atoms with Crippen LogP contribution in [0, 0.1) is 5.82 Å². The molecule has 1 saturated heterocycles. The van der Waals surface area contributed by atoms with Crippen LogP contribution in [0.2, 0.25) is 0 Å². The quantitative estimate of drug-likeness (QED) is 0.848. The zero-order chi connectivity index (χ0) is 18.6. The van der Waals surface area contributed by atoms with Crippen LogP contribution in [0.4, 0.5) is 10.1 Å². The lowest BCUT2D eigenvalue weighted by Gasteiger charge is -2.36. The third-order valence-electron chi connectivity index (χ3n) is 5.55. The molecule has 1 aliphatic carbocycles. The van der Waals surface area contributed by atoms with Crippen LogP contribution in [-0.4, -0.2) is 55.4 Å². The number of ether oxygens (including phenoxy) is 1. The Morgan fingerprint density at radius 2 is 1.78 bits per heavy atom. The van der Waals surface area contributed by atoms with E-state index in [-0.39, 0.29) is 5.82 Å². The van der Waals surface area contributed by atoms with Gasteiger partial charge in [0.15, 0.2) is 0 Å². The monoisotopic (exact) mass is 370 g/mol. The summed E-state index contributed by atoms with van der Waals surface area (Å²) < 4.78 is 19.7. The minimum atomic E-state index is -0.529. The van der Waals surface area contributed by atoms with Gasteiger partial charge in [-0.15, -0.1) is 0 Å². The second-order valence-electron chi connectivity index (χ2n) is 7.49. The van der Waals surface area contributed by atoms with E-state index >= 15 is 0 Å². The number of nitrogens with zero attached hydrogens (tertiary/aromatic N) is 2. The van der Waals surface area contributed by atoms with Gasteiger partial charge in [0.25, 0.3) is 0 Å². The summed E-state index contributed by atoms with van der Waals surface area (Å²) in [6, 6.07) is 13.2. The van der Waals surface area contributed by atoms with Crippen LogP contribution in [0.25, 0.3) is 0 Å². The number of β-amino-alcohol motifs (C(OH)–C–C–N with tert-alkyl or cyclic N) is 1. The molecule has 0 aromatic heterocycles. The summed E-state index contributed by atoms with van der Waals surface area (Å²) in [5.74, 6) is 0.674. The molecule has 1 fully saturated rings. The first kappa shape index (κ1) is 18.3. The molecule has 2 aromatic carbocycles. The van der Waals surface area contributed by atoms with Gasteiger partial charge in [-0.05, 0) is 54.7 Å². The Bertz CT molecular complexity index is 775. The molecule has 1 atom stereocenters. The van der Waals surface area contributed by atoms with Crippen molar-refractivity contribution >= 4 is 5.69 Å². The molecule has 4 nitrogen and oxygen atoms in total. The van der Waals surface area contributed by atoms with Crippen molar-refractivity contribution in [2.75, 3.05) is 44.2 Å². The summed E-state index contributed by atoms with van der Waals surface area (Å²) in [5.41, 5.74) is 3.47. The van der Waals surface area contributed by atoms with Gasteiger partial charge in [0.2, 0.25) is 0 Å². The maximum atomic E-state index is 13.9. The minimum absolute atomic E-state index is 0.172. The van der Waals surface area contributed by atoms with Gasteiger partial charge in [-0.1, -0.05) is 18.2 Å². The number of anilines is 1. The molecular formula is C22H27FN2O2. The molecule has 0 saturated carbocycles. The van der Waals surface area contributed by atoms with E-state index in [1.165, 1.54) is 23.6 Å². The van der Waals surface area contributed by atoms with Crippen LogP contribution >= 0.6 is 0 Å². The van der Waals surface area contributed by atoms with E-state index in [1.54, 1.807) is 6.07 Å². The van der Waals surface area contributed by atoms with Gasteiger partial charge in [0.05, 0.1) is 5.69 Å². The molecule has 1 heterocycles. The number of piperazine rings is 1. The van der Waals surface area contributed by atoms with Crippen LogP contribution in [0.1, 0.15) is 17.5 Å². The van der Waals surface area contributed by atoms with Crippen LogP contribution in [0.15, 0.2) is 42.5 Å². The molecule has 144 valence electrons. The molecule has 0 radical (unpaired) electrons. The van der Waals surface area contributed by atoms with E-state index in [0.717, 1.165) is 44.8 Å². The highest BCUT2D eigenvalue weighted by Crippen LogP contribution is 2.26. The number of rotatable bonds is 6. The number of aryl methyl sites for hydroxylation is 2. The highest BCUT2D eigenvalue weighted by molar-refractivity contribution is 5.48. The summed E-state index contributed by atoms with van der Waals surface area (Å²) in [7, 11) is 0. The second kappa shape index (κ2) is 8.28. The maximum absolute atomic E-state index is 13.9. The molecule has 0 spiro atoms. The van der Waals surface area contributed by atoms with Crippen molar-refractivity contribution in [3.63, 3.8) is 0 Å². The van der Waals surface area contributed by atoms with Crippen LogP contribution in [0.5, 0.6) is 5.75 Å². The summed E-state index contributed by atoms with van der Waals surface area (Å²) in [6.45, 7) is 4.02. The Morgan fingerprint density at radius 1 is 1.00 bits per heavy atom. The SMILES string of the molecule is O[C@@H](COc1ccc2c(c1)CCC2)CN1CCN(c2ccccc2F)CC1. The van der Waals surface area contributed by atoms with Crippen molar-refractivity contribution in [1.29, 1.82) is 0 Å². The third kappa shape index (κ3) is 4.42. The molecular weight excluding hydrogens is 343 g/mol. The fraction of sp³-hybridized carbons (Fsp3) is 0.455. The molecule has 2 aliphatic rings. The average molecular weight is 370 g/mol. The van der Waals surface area contributed by atoms with Crippen LogP contribution in [0.3, 0.4) is 0 Å². The zero-order valence-corrected chi connectivity index (χ0v) is 15.6. The summed E-state index contributed by atoms with van der Waals surface area (Å²) in [5, 5.41) is 10.3. The lowest BCUT2D eigenvalue weighted by molar-refractivity contribution is 0.0662. The van der Waals surface area contributed by atoms with Crippen molar-refractivity contribution in [3.05, 3.63) is 59.4 Å². The molecule has 0 bridgehead atoms. The number of fused-ring (bicyclic) bond motifs is 1. The number of para-hydroxylation sites is 1. The minimum Gasteiger partial charge on any atom is -0.491 e. The molecule has 0 amide bonds. The number of hydrogen-bond donors (Lipinski definition) is 1. The standard InChI is InChI=1S/C22H27FN2O2/c23-21-6-1-2-7-22(21)25-12-10-24(11-13-25)15-19(26)16-27-20-9-8-17-4-3-5-18(17)14-20/h1-2,6-9,14,19,26H,3-5,10-13,15-16H2/t19-/m1/s1. The number of hydrogen-bond acceptors (Lipinski definition) is 4. The van der Waals surface area contributed by atoms with Crippen LogP contribution in [-0.2, 0) is 12.8 Å². The van der Waals surface area contributed by atoms with Gasteiger partial charge >= 0.3 is 0 Å². The van der Waals surface area contributed by atoms with E-state index in [4.69, 9.17) is 4.74 Å². The lowest BCUT2D eigenvalue weighted by Crippen LogP contribution is -2.49. The predicted molar refractivity (Wildman–Crippen MR) is 105 cm³/mol. The maximum Gasteiger partial charge on any atom is 0.146 e. The molecule has 4 rings (SSSR count). The fourth-order valence-corrected chi connectivity index (χ4v) is 4.06. The molecule has 1 N–H and O–H groups in total. The first-order valence-electron chi connectivity index (χ1n) is 9.83. The van der Waals surface area contributed by atoms with Crippen molar-refractivity contribution < 1.29 is 14.2 Å². The first-order chi connectivity index (χ1) is 13.2. The Balaban J connectivity index is 1.22.